The van der Waals surface area contributed by atoms with E-state index >= 15 is 0 Å². The van der Waals surface area contributed by atoms with Crippen LogP contribution < -0.4 is 10.1 Å². The number of nitrogens with one attached hydrogen (secondary N) is 1. The van der Waals surface area contributed by atoms with Crippen molar-refractivity contribution in [1.82, 2.24) is 9.97 Å². The van der Waals surface area contributed by atoms with Crippen molar-refractivity contribution in [3.8, 4) is 11.8 Å². The van der Waals surface area contributed by atoms with Gasteiger partial charge in [-0.1, -0.05) is 18.2 Å². The second-order valence-electron chi connectivity index (χ2n) is 5.90. The zero-order valence-corrected chi connectivity index (χ0v) is 13.8. The summed E-state index contributed by atoms with van der Waals surface area (Å²) in [4.78, 5) is 8.58. The molecule has 0 amide bonds. The number of fused-ring (bicyclic) bond motifs is 1. The minimum atomic E-state index is 0.242. The third-order valence-electron chi connectivity index (χ3n) is 3.61. The van der Waals surface area contributed by atoms with Gasteiger partial charge in [0.2, 0.25) is 0 Å². The van der Waals surface area contributed by atoms with Gasteiger partial charge in [0.25, 0.3) is 0 Å². The molecule has 0 unspecified atom stereocenters. The Balaban J connectivity index is 1.92. The second-order valence-corrected chi connectivity index (χ2v) is 5.90. The van der Waals surface area contributed by atoms with Crippen LogP contribution in [0.1, 0.15) is 25.8 Å². The maximum Gasteiger partial charge on any atom is 0.139 e. The molecule has 0 atom stereocenters. The van der Waals surface area contributed by atoms with Crippen molar-refractivity contribution >= 4 is 16.7 Å². The Kier molecular flexibility index (Phi) is 4.76. The summed E-state index contributed by atoms with van der Waals surface area (Å²) in [6.07, 6.45) is 10.7. The van der Waals surface area contributed by atoms with Gasteiger partial charge in [0.05, 0.1) is 11.1 Å². The summed E-state index contributed by atoms with van der Waals surface area (Å²) in [7, 11) is 0. The van der Waals surface area contributed by atoms with E-state index in [-0.39, 0.29) is 6.04 Å². The van der Waals surface area contributed by atoms with E-state index in [0.717, 1.165) is 28.7 Å². The van der Waals surface area contributed by atoms with Gasteiger partial charge in [0.15, 0.2) is 0 Å². The molecule has 0 fully saturated rings. The number of hydrogen-bond donors (Lipinski definition) is 1. The maximum absolute atomic E-state index is 9.46. The van der Waals surface area contributed by atoms with Gasteiger partial charge in [-0.2, -0.15) is 5.26 Å². The van der Waals surface area contributed by atoms with E-state index in [0.29, 0.717) is 17.9 Å². The van der Waals surface area contributed by atoms with Crippen LogP contribution in [-0.4, -0.2) is 22.6 Å². The predicted molar refractivity (Wildman–Crippen MR) is 94.6 cm³/mol. The Bertz CT molecular complexity index is 846. The highest BCUT2D eigenvalue weighted by molar-refractivity contribution is 5.91. The molecule has 3 rings (SSSR count). The summed E-state index contributed by atoms with van der Waals surface area (Å²) in [5, 5.41) is 13.6. The molecule has 1 heterocycles. The minimum absolute atomic E-state index is 0.242. The summed E-state index contributed by atoms with van der Waals surface area (Å²) in [5.74, 6) is 1.27. The van der Waals surface area contributed by atoms with E-state index in [1.165, 1.54) is 6.33 Å². The Hall–Kier alpha value is -2.87. The van der Waals surface area contributed by atoms with Crippen LogP contribution in [0.3, 0.4) is 0 Å². The van der Waals surface area contributed by atoms with Crippen molar-refractivity contribution in [2.75, 3.05) is 11.9 Å². The van der Waals surface area contributed by atoms with Crippen LogP contribution >= 0.6 is 0 Å². The lowest BCUT2D eigenvalue weighted by atomic mass is 10.1. The fourth-order valence-electron chi connectivity index (χ4n) is 2.51. The number of allylic oxidation sites excluding steroid dienone is 2. The number of rotatable bonds is 5. The smallest absolute Gasteiger partial charge is 0.139 e. The molecule has 24 heavy (non-hydrogen) atoms. The summed E-state index contributed by atoms with van der Waals surface area (Å²) >= 11 is 0. The fourth-order valence-corrected chi connectivity index (χ4v) is 2.51. The molecular weight excluding hydrogens is 300 g/mol. The largest absolute Gasteiger partial charge is 0.487 e. The normalized spacial score (nSPS) is 13.7. The SMILES string of the molecule is CC(C)Nc1ncnc2cc(OCC3=C[CH]CC=C3)c(C#N)cc12. The van der Waals surface area contributed by atoms with Crippen LogP contribution in [0.4, 0.5) is 5.82 Å². The van der Waals surface area contributed by atoms with Crippen LogP contribution in [0.2, 0.25) is 0 Å². The van der Waals surface area contributed by atoms with Crippen molar-refractivity contribution in [2.24, 2.45) is 0 Å². The van der Waals surface area contributed by atoms with Gasteiger partial charge in [0.1, 0.15) is 30.6 Å². The quantitative estimate of drug-likeness (QED) is 0.908. The highest BCUT2D eigenvalue weighted by atomic mass is 16.5. The van der Waals surface area contributed by atoms with Gasteiger partial charge >= 0.3 is 0 Å². The van der Waals surface area contributed by atoms with Crippen LogP contribution in [0.25, 0.3) is 10.9 Å². The number of anilines is 1. The first-order valence-corrected chi connectivity index (χ1v) is 7.94. The molecule has 0 spiro atoms. The number of hydrogen-bond acceptors (Lipinski definition) is 5. The summed E-state index contributed by atoms with van der Waals surface area (Å²) in [5.41, 5.74) is 2.31. The third kappa shape index (κ3) is 3.54. The van der Waals surface area contributed by atoms with Crippen molar-refractivity contribution < 1.29 is 4.74 Å². The number of nitrogens with zero attached hydrogens (tertiary/aromatic N) is 3. The van der Waals surface area contributed by atoms with Crippen LogP contribution in [0.5, 0.6) is 5.75 Å². The molecule has 5 nitrogen and oxygen atoms in total. The molecular formula is C19H19N4O. The van der Waals surface area contributed by atoms with Crippen molar-refractivity contribution in [3.05, 3.63) is 54.2 Å². The maximum atomic E-state index is 9.46. The van der Waals surface area contributed by atoms with E-state index in [1.54, 1.807) is 12.1 Å². The molecule has 1 aliphatic rings. The Morgan fingerprint density at radius 3 is 2.92 bits per heavy atom. The molecule has 1 aliphatic carbocycles. The van der Waals surface area contributed by atoms with E-state index in [2.05, 4.69) is 33.9 Å². The Morgan fingerprint density at radius 2 is 2.21 bits per heavy atom. The average Bonchev–Trinajstić information content (AvgIpc) is 2.60. The number of aromatic nitrogens is 2. The molecule has 5 heteroatoms. The van der Waals surface area contributed by atoms with Gasteiger partial charge in [-0.3, -0.25) is 0 Å². The molecule has 1 radical (unpaired) electrons. The molecule has 1 N–H and O–H groups in total. The van der Waals surface area contributed by atoms with Crippen molar-refractivity contribution in [2.45, 2.75) is 26.3 Å². The second kappa shape index (κ2) is 7.14. The first-order chi connectivity index (χ1) is 11.7. The Morgan fingerprint density at radius 1 is 1.33 bits per heavy atom. The zero-order valence-electron chi connectivity index (χ0n) is 13.8. The number of benzene rings is 1. The molecule has 1 aromatic carbocycles. The van der Waals surface area contributed by atoms with E-state index in [4.69, 9.17) is 4.74 Å². The molecule has 0 bridgehead atoms. The number of ether oxygens (including phenoxy) is 1. The van der Waals surface area contributed by atoms with Crippen molar-refractivity contribution in [3.63, 3.8) is 0 Å². The lowest BCUT2D eigenvalue weighted by Crippen LogP contribution is -2.11. The topological polar surface area (TPSA) is 70.8 Å². The van der Waals surface area contributed by atoms with Gasteiger partial charge in [-0.15, -0.1) is 0 Å². The Labute approximate surface area is 141 Å². The standard InChI is InChI=1S/C19H19N4O/c1-13(2)23-19-16-8-15(10-20)18(9-17(16)21-12-22-19)24-11-14-6-4-3-5-7-14/h4-9,12-13H,3,11H2,1-2H3,(H,21,22,23). The van der Waals surface area contributed by atoms with E-state index < -0.39 is 0 Å². The van der Waals surface area contributed by atoms with Crippen LogP contribution in [0.15, 0.2) is 42.3 Å². The molecule has 121 valence electrons. The first kappa shape index (κ1) is 16.0. The first-order valence-electron chi connectivity index (χ1n) is 7.94. The van der Waals surface area contributed by atoms with Gasteiger partial charge in [0, 0.05) is 17.5 Å². The van der Waals surface area contributed by atoms with E-state index in [1.807, 2.05) is 26.0 Å². The summed E-state index contributed by atoms with van der Waals surface area (Å²) < 4.78 is 5.85. The predicted octanol–water partition coefficient (Wildman–Crippen LogP) is 3.79. The van der Waals surface area contributed by atoms with Gasteiger partial charge in [-0.05, 0) is 38.3 Å². The van der Waals surface area contributed by atoms with Gasteiger partial charge in [-0.25, -0.2) is 9.97 Å². The molecule has 0 saturated carbocycles. The summed E-state index contributed by atoms with van der Waals surface area (Å²) in [6, 6.07) is 6.03. The average molecular weight is 319 g/mol. The van der Waals surface area contributed by atoms with Crippen LogP contribution in [0, 0.1) is 17.8 Å². The number of nitriles is 1. The molecule has 0 saturated heterocycles. The highest BCUT2D eigenvalue weighted by Gasteiger charge is 2.12. The van der Waals surface area contributed by atoms with Crippen molar-refractivity contribution in [1.29, 1.82) is 5.26 Å². The van der Waals surface area contributed by atoms with E-state index in [9.17, 15) is 5.26 Å². The lowest BCUT2D eigenvalue weighted by molar-refractivity contribution is 0.354. The highest BCUT2D eigenvalue weighted by Crippen LogP contribution is 2.28. The third-order valence-corrected chi connectivity index (χ3v) is 3.61. The fraction of sp³-hybridized carbons (Fsp3) is 0.263. The van der Waals surface area contributed by atoms with Crippen LogP contribution in [-0.2, 0) is 0 Å². The minimum Gasteiger partial charge on any atom is -0.487 e. The molecule has 0 aliphatic heterocycles. The zero-order chi connectivity index (χ0) is 16.9. The lowest BCUT2D eigenvalue weighted by Gasteiger charge is -2.14. The molecule has 1 aromatic heterocycles. The monoisotopic (exact) mass is 319 g/mol. The summed E-state index contributed by atoms with van der Waals surface area (Å²) in [6.45, 7) is 4.51. The molecule has 2 aromatic rings. The van der Waals surface area contributed by atoms with Gasteiger partial charge < -0.3 is 10.1 Å².